The zero-order valence-corrected chi connectivity index (χ0v) is 9.37. The Balaban J connectivity index is 2.31. The Bertz CT molecular complexity index is 435. The summed E-state index contributed by atoms with van der Waals surface area (Å²) in [4.78, 5) is 5.15. The molecule has 2 aromatic rings. The van der Waals surface area contributed by atoms with Gasteiger partial charge in [-0.1, -0.05) is 6.92 Å². The van der Waals surface area contributed by atoms with Crippen LogP contribution in [0.25, 0.3) is 10.7 Å². The molecule has 0 saturated carbocycles. The van der Waals surface area contributed by atoms with Crippen LogP contribution in [0, 0.1) is 0 Å². The SMILES string of the molecule is CCCn1nccc1-c1ncc(CO)s1. The van der Waals surface area contributed by atoms with Gasteiger partial charge in [0.25, 0.3) is 0 Å². The van der Waals surface area contributed by atoms with Gasteiger partial charge in [-0.05, 0) is 12.5 Å². The number of aliphatic hydroxyl groups excluding tert-OH is 1. The predicted octanol–water partition coefficient (Wildman–Crippen LogP) is 1.91. The number of aliphatic hydroxyl groups is 1. The van der Waals surface area contributed by atoms with Gasteiger partial charge in [0, 0.05) is 18.9 Å². The second-order valence-corrected chi connectivity index (χ2v) is 4.34. The highest BCUT2D eigenvalue weighted by molar-refractivity contribution is 7.14. The van der Waals surface area contributed by atoms with Gasteiger partial charge < -0.3 is 5.11 Å². The highest BCUT2D eigenvalue weighted by Crippen LogP contribution is 2.24. The van der Waals surface area contributed by atoms with Gasteiger partial charge in [0.2, 0.25) is 0 Å². The molecule has 2 rings (SSSR count). The third-order valence-electron chi connectivity index (χ3n) is 2.08. The van der Waals surface area contributed by atoms with Gasteiger partial charge in [0.15, 0.2) is 0 Å². The summed E-state index contributed by atoms with van der Waals surface area (Å²) < 4.78 is 1.94. The lowest BCUT2D eigenvalue weighted by Gasteiger charge is -2.02. The minimum atomic E-state index is 0.0551. The van der Waals surface area contributed by atoms with Gasteiger partial charge >= 0.3 is 0 Å². The lowest BCUT2D eigenvalue weighted by atomic mass is 10.4. The van der Waals surface area contributed by atoms with Gasteiger partial charge in [-0.15, -0.1) is 11.3 Å². The maximum absolute atomic E-state index is 8.97. The Morgan fingerprint density at radius 3 is 3.07 bits per heavy atom. The third kappa shape index (κ3) is 2.08. The van der Waals surface area contributed by atoms with E-state index in [0.717, 1.165) is 28.5 Å². The van der Waals surface area contributed by atoms with Crippen LogP contribution in [0.3, 0.4) is 0 Å². The first-order valence-corrected chi connectivity index (χ1v) is 5.74. The summed E-state index contributed by atoms with van der Waals surface area (Å²) in [5, 5.41) is 14.1. The Morgan fingerprint density at radius 2 is 2.40 bits per heavy atom. The highest BCUT2D eigenvalue weighted by atomic mass is 32.1. The van der Waals surface area contributed by atoms with Gasteiger partial charge in [-0.25, -0.2) is 4.98 Å². The summed E-state index contributed by atoms with van der Waals surface area (Å²) in [5.41, 5.74) is 1.03. The lowest BCUT2D eigenvalue weighted by molar-refractivity contribution is 0.285. The molecule has 5 heteroatoms. The van der Waals surface area contributed by atoms with Crippen LogP contribution < -0.4 is 0 Å². The second kappa shape index (κ2) is 4.55. The van der Waals surface area contributed by atoms with E-state index < -0.39 is 0 Å². The van der Waals surface area contributed by atoms with Crippen LogP contribution in [0.4, 0.5) is 0 Å². The standard InChI is InChI=1S/C10H13N3OS/c1-2-5-13-9(3-4-12-13)10-11-6-8(7-14)15-10/h3-4,6,14H,2,5,7H2,1H3. The van der Waals surface area contributed by atoms with Crippen LogP contribution >= 0.6 is 11.3 Å². The topological polar surface area (TPSA) is 50.9 Å². The van der Waals surface area contributed by atoms with Crippen LogP contribution in [0.1, 0.15) is 18.2 Å². The fraction of sp³-hybridized carbons (Fsp3) is 0.400. The molecule has 2 heterocycles. The summed E-state index contributed by atoms with van der Waals surface area (Å²) in [6, 6.07) is 1.95. The molecule has 4 nitrogen and oxygen atoms in total. The molecule has 0 aromatic carbocycles. The summed E-state index contributed by atoms with van der Waals surface area (Å²) in [6.45, 7) is 3.07. The van der Waals surface area contributed by atoms with Crippen molar-refractivity contribution in [3.63, 3.8) is 0 Å². The lowest BCUT2D eigenvalue weighted by Crippen LogP contribution is -2.00. The normalized spacial score (nSPS) is 10.8. The molecule has 2 aromatic heterocycles. The van der Waals surface area contributed by atoms with Crippen molar-refractivity contribution in [2.45, 2.75) is 26.5 Å². The quantitative estimate of drug-likeness (QED) is 0.861. The number of rotatable bonds is 4. The first kappa shape index (κ1) is 10.3. The van der Waals surface area contributed by atoms with Crippen molar-refractivity contribution in [2.75, 3.05) is 0 Å². The van der Waals surface area contributed by atoms with Crippen LogP contribution in [0.2, 0.25) is 0 Å². The first-order valence-electron chi connectivity index (χ1n) is 4.93. The van der Waals surface area contributed by atoms with Gasteiger partial charge in [0.05, 0.1) is 17.2 Å². The van der Waals surface area contributed by atoms with E-state index in [1.165, 1.54) is 11.3 Å². The van der Waals surface area contributed by atoms with Crippen molar-refractivity contribution < 1.29 is 5.11 Å². The summed E-state index contributed by atoms with van der Waals surface area (Å²) in [5.74, 6) is 0. The number of thiazole rings is 1. The van der Waals surface area contributed by atoms with E-state index in [-0.39, 0.29) is 6.61 Å². The van der Waals surface area contributed by atoms with Crippen LogP contribution in [-0.4, -0.2) is 19.9 Å². The van der Waals surface area contributed by atoms with Crippen molar-refractivity contribution in [2.24, 2.45) is 0 Å². The van der Waals surface area contributed by atoms with E-state index in [1.807, 2.05) is 10.7 Å². The largest absolute Gasteiger partial charge is 0.391 e. The summed E-state index contributed by atoms with van der Waals surface area (Å²) >= 11 is 1.51. The molecule has 0 fully saturated rings. The van der Waals surface area contributed by atoms with Crippen molar-refractivity contribution >= 4 is 11.3 Å². The molecule has 0 unspecified atom stereocenters. The van der Waals surface area contributed by atoms with Crippen LogP contribution in [0.15, 0.2) is 18.5 Å². The van der Waals surface area contributed by atoms with Crippen LogP contribution in [-0.2, 0) is 13.2 Å². The average Bonchev–Trinajstić information content (AvgIpc) is 2.85. The maximum Gasteiger partial charge on any atom is 0.141 e. The fourth-order valence-electron chi connectivity index (χ4n) is 1.40. The van der Waals surface area contributed by atoms with Crippen molar-refractivity contribution in [3.05, 3.63) is 23.3 Å². The molecule has 80 valence electrons. The highest BCUT2D eigenvalue weighted by Gasteiger charge is 2.08. The molecule has 0 bridgehead atoms. The monoisotopic (exact) mass is 223 g/mol. The molecule has 15 heavy (non-hydrogen) atoms. The van der Waals surface area contributed by atoms with E-state index in [9.17, 15) is 0 Å². The molecule has 1 N–H and O–H groups in total. The smallest absolute Gasteiger partial charge is 0.141 e. The Labute approximate surface area is 92.2 Å². The number of hydrogen-bond acceptors (Lipinski definition) is 4. The molecule has 0 aliphatic rings. The molecular formula is C10H13N3OS. The third-order valence-corrected chi connectivity index (χ3v) is 3.09. The van der Waals surface area contributed by atoms with Gasteiger partial charge in [-0.3, -0.25) is 4.68 Å². The van der Waals surface area contributed by atoms with E-state index in [4.69, 9.17) is 5.11 Å². The van der Waals surface area contributed by atoms with Gasteiger partial charge in [0.1, 0.15) is 5.01 Å². The number of nitrogens with zero attached hydrogens (tertiary/aromatic N) is 3. The van der Waals surface area contributed by atoms with E-state index in [1.54, 1.807) is 12.4 Å². The van der Waals surface area contributed by atoms with Crippen molar-refractivity contribution in [1.82, 2.24) is 14.8 Å². The molecule has 0 saturated heterocycles. The Morgan fingerprint density at radius 1 is 1.53 bits per heavy atom. The fourth-order valence-corrected chi connectivity index (χ4v) is 2.21. The molecule has 0 aliphatic carbocycles. The minimum absolute atomic E-state index is 0.0551. The number of hydrogen-bond donors (Lipinski definition) is 1. The number of aryl methyl sites for hydroxylation is 1. The van der Waals surface area contributed by atoms with Crippen molar-refractivity contribution in [1.29, 1.82) is 0 Å². The zero-order valence-electron chi connectivity index (χ0n) is 8.55. The number of aromatic nitrogens is 3. The molecule has 0 aliphatic heterocycles. The predicted molar refractivity (Wildman–Crippen MR) is 59.5 cm³/mol. The summed E-state index contributed by atoms with van der Waals surface area (Å²) in [6.07, 6.45) is 4.54. The Hall–Kier alpha value is -1.20. The maximum atomic E-state index is 8.97. The average molecular weight is 223 g/mol. The molecule has 0 spiro atoms. The van der Waals surface area contributed by atoms with E-state index in [0.29, 0.717) is 0 Å². The van der Waals surface area contributed by atoms with Gasteiger partial charge in [-0.2, -0.15) is 5.10 Å². The van der Waals surface area contributed by atoms with E-state index >= 15 is 0 Å². The molecule has 0 atom stereocenters. The molecule has 0 amide bonds. The molecule has 0 radical (unpaired) electrons. The van der Waals surface area contributed by atoms with Crippen LogP contribution in [0.5, 0.6) is 0 Å². The minimum Gasteiger partial charge on any atom is -0.391 e. The second-order valence-electron chi connectivity index (χ2n) is 3.23. The summed E-state index contributed by atoms with van der Waals surface area (Å²) in [7, 11) is 0. The molecular weight excluding hydrogens is 210 g/mol. The zero-order chi connectivity index (χ0) is 10.7. The Kier molecular flexibility index (Phi) is 3.13. The van der Waals surface area contributed by atoms with E-state index in [2.05, 4.69) is 17.0 Å². The van der Waals surface area contributed by atoms with Crippen molar-refractivity contribution in [3.8, 4) is 10.7 Å². The first-order chi connectivity index (χ1) is 7.35.